The van der Waals surface area contributed by atoms with Gasteiger partial charge in [-0.05, 0) is 61.1 Å². The molecular weight excluding hydrogens is 452 g/mol. The van der Waals surface area contributed by atoms with E-state index in [0.717, 1.165) is 42.6 Å². The molecule has 0 saturated heterocycles. The van der Waals surface area contributed by atoms with Gasteiger partial charge in [0.15, 0.2) is 0 Å². The molecule has 0 radical (unpaired) electrons. The summed E-state index contributed by atoms with van der Waals surface area (Å²) in [5, 5.41) is 13.9. The Labute approximate surface area is 189 Å². The molecule has 6 N–H and O–H groups in total. The lowest BCUT2D eigenvalue weighted by Crippen LogP contribution is -2.47. The summed E-state index contributed by atoms with van der Waals surface area (Å²) in [7, 11) is -5.91. The van der Waals surface area contributed by atoms with Crippen molar-refractivity contribution in [2.24, 2.45) is 10.3 Å². The fraction of sp³-hybridized carbons (Fsp3) is 0.429. The second-order valence-corrected chi connectivity index (χ2v) is 11.2. The van der Waals surface area contributed by atoms with E-state index in [0.29, 0.717) is 6.54 Å². The third-order valence-corrected chi connectivity index (χ3v) is 7.56. The van der Waals surface area contributed by atoms with Gasteiger partial charge in [0.1, 0.15) is 5.75 Å². The second-order valence-electron chi connectivity index (χ2n) is 8.22. The van der Waals surface area contributed by atoms with Crippen LogP contribution in [0, 0.1) is 0 Å². The highest BCUT2D eigenvalue weighted by Gasteiger charge is 2.37. The summed E-state index contributed by atoms with van der Waals surface area (Å²) in [6, 6.07) is 14.4. The number of nitrogens with two attached hydrogens (primary N) is 2. The summed E-state index contributed by atoms with van der Waals surface area (Å²) in [5.74, 6) is 0.723. The van der Waals surface area contributed by atoms with Crippen molar-refractivity contribution in [2.75, 3.05) is 13.7 Å². The average molecular weight is 483 g/mol. The first-order valence-corrected chi connectivity index (χ1v) is 13.4. The second kappa shape index (κ2) is 9.86. The Bertz CT molecular complexity index is 1130. The van der Waals surface area contributed by atoms with Gasteiger partial charge in [-0.3, -0.25) is 0 Å². The van der Waals surface area contributed by atoms with Crippen LogP contribution in [0.3, 0.4) is 0 Å². The fourth-order valence-corrected chi connectivity index (χ4v) is 5.19. The minimum Gasteiger partial charge on any atom is -0.497 e. The van der Waals surface area contributed by atoms with Crippen LogP contribution in [0.2, 0.25) is 0 Å². The highest BCUT2D eigenvalue weighted by Crippen LogP contribution is 2.40. The molecule has 9 nitrogen and oxygen atoms in total. The zero-order valence-corrected chi connectivity index (χ0v) is 19.6. The molecule has 0 bridgehead atoms. The molecule has 0 spiro atoms. The highest BCUT2D eigenvalue weighted by molar-refractivity contribution is 7.89. The molecule has 0 atom stereocenters. The first-order valence-electron chi connectivity index (χ1n) is 10.3. The van der Waals surface area contributed by atoms with Crippen LogP contribution < -0.4 is 25.1 Å². The molecule has 0 heterocycles. The Morgan fingerprint density at radius 1 is 1.03 bits per heavy atom. The molecular formula is C21H30N4O5S2. The van der Waals surface area contributed by atoms with E-state index >= 15 is 0 Å². The third kappa shape index (κ3) is 6.50. The van der Waals surface area contributed by atoms with E-state index in [2.05, 4.69) is 10.0 Å². The molecule has 0 amide bonds. The Kier molecular flexibility index (Phi) is 7.58. The normalized spacial score (nSPS) is 21.9. The van der Waals surface area contributed by atoms with E-state index < -0.39 is 20.2 Å². The maximum atomic E-state index is 11.6. The zero-order valence-electron chi connectivity index (χ0n) is 18.0. The van der Waals surface area contributed by atoms with Crippen LogP contribution in [-0.2, 0) is 32.2 Å². The maximum Gasteiger partial charge on any atom is 0.274 e. The zero-order chi connectivity index (χ0) is 23.4. The summed E-state index contributed by atoms with van der Waals surface area (Å²) in [6.45, 7) is 0.817. The monoisotopic (exact) mass is 482 g/mol. The largest absolute Gasteiger partial charge is 0.497 e. The van der Waals surface area contributed by atoms with Crippen molar-refractivity contribution in [1.29, 1.82) is 0 Å². The Morgan fingerprint density at radius 2 is 1.69 bits per heavy atom. The Morgan fingerprint density at radius 3 is 2.25 bits per heavy atom. The van der Waals surface area contributed by atoms with Crippen LogP contribution in [-0.4, -0.2) is 36.5 Å². The van der Waals surface area contributed by atoms with Crippen molar-refractivity contribution < 1.29 is 21.6 Å². The van der Waals surface area contributed by atoms with Gasteiger partial charge in [0.25, 0.3) is 10.2 Å². The number of nitrogens with one attached hydrogen (secondary N) is 2. The Balaban J connectivity index is 1.67. The molecule has 2 aromatic rings. The minimum absolute atomic E-state index is 0.0874. The van der Waals surface area contributed by atoms with E-state index in [9.17, 15) is 16.8 Å². The van der Waals surface area contributed by atoms with Gasteiger partial charge in [0, 0.05) is 24.5 Å². The molecule has 1 saturated carbocycles. The molecule has 11 heteroatoms. The standard InChI is InChI=1S/C21H30N4O5S2/c1-30-19-4-2-3-17(13-19)21(15-25-32(23,28)29)11-9-18(10-12-21)24-14-16-5-7-20(8-6-16)31(22,26)27/h2-8,13,18,24-25H,9-12,14-15H2,1H3,(H2,22,26,27)(H2,23,28,29)/t18-,21-. The van der Waals surface area contributed by atoms with E-state index in [1.165, 1.54) is 12.1 Å². The van der Waals surface area contributed by atoms with Gasteiger partial charge in [-0.2, -0.15) is 8.42 Å². The number of rotatable bonds is 9. The molecule has 1 aliphatic rings. The van der Waals surface area contributed by atoms with Gasteiger partial charge in [-0.15, -0.1) is 0 Å². The fourth-order valence-electron chi connectivity index (χ4n) is 4.19. The third-order valence-electron chi connectivity index (χ3n) is 6.08. The van der Waals surface area contributed by atoms with Crippen LogP contribution >= 0.6 is 0 Å². The number of methoxy groups -OCH3 is 1. The quantitative estimate of drug-likeness (QED) is 0.420. The van der Waals surface area contributed by atoms with Crippen LogP contribution in [0.4, 0.5) is 0 Å². The number of sulfonamides is 1. The SMILES string of the molecule is COc1cccc([C@]2(CNS(N)(=O)=O)CC[C@@H](NCc3ccc(S(N)(=O)=O)cc3)CC2)c1. The Hall–Kier alpha value is -2.02. The van der Waals surface area contributed by atoms with Crippen molar-refractivity contribution in [3.05, 3.63) is 59.7 Å². The van der Waals surface area contributed by atoms with Crippen molar-refractivity contribution in [2.45, 2.75) is 48.6 Å². The number of hydrogen-bond acceptors (Lipinski definition) is 6. The molecule has 3 rings (SSSR count). The van der Waals surface area contributed by atoms with Crippen LogP contribution in [0.15, 0.2) is 53.4 Å². The summed E-state index contributed by atoms with van der Waals surface area (Å²) in [5.41, 5.74) is 1.60. The van der Waals surface area contributed by atoms with E-state index in [1.807, 2.05) is 24.3 Å². The van der Waals surface area contributed by atoms with E-state index in [-0.39, 0.29) is 22.9 Å². The van der Waals surface area contributed by atoms with Gasteiger partial charge in [-0.1, -0.05) is 24.3 Å². The summed E-state index contributed by atoms with van der Waals surface area (Å²) in [4.78, 5) is 0.0874. The van der Waals surface area contributed by atoms with Crippen LogP contribution in [0.25, 0.3) is 0 Å². The lowest BCUT2D eigenvalue weighted by Gasteiger charge is -2.41. The first-order chi connectivity index (χ1) is 15.0. The van der Waals surface area contributed by atoms with Crippen molar-refractivity contribution in [3.8, 4) is 5.75 Å². The van der Waals surface area contributed by atoms with Gasteiger partial charge >= 0.3 is 0 Å². The van der Waals surface area contributed by atoms with Gasteiger partial charge in [0.05, 0.1) is 12.0 Å². The lowest BCUT2D eigenvalue weighted by molar-refractivity contribution is 0.245. The van der Waals surface area contributed by atoms with Crippen molar-refractivity contribution >= 4 is 20.2 Å². The van der Waals surface area contributed by atoms with Gasteiger partial charge < -0.3 is 10.1 Å². The smallest absolute Gasteiger partial charge is 0.274 e. The van der Waals surface area contributed by atoms with Gasteiger partial charge in [-0.25, -0.2) is 23.4 Å². The van der Waals surface area contributed by atoms with Crippen LogP contribution in [0.5, 0.6) is 5.75 Å². The van der Waals surface area contributed by atoms with Gasteiger partial charge in [0.2, 0.25) is 10.0 Å². The minimum atomic E-state index is -3.81. The lowest BCUT2D eigenvalue weighted by atomic mass is 9.68. The van der Waals surface area contributed by atoms with Crippen molar-refractivity contribution in [3.63, 3.8) is 0 Å². The number of primary sulfonamides is 1. The average Bonchev–Trinajstić information content (AvgIpc) is 2.76. The number of hydrogen-bond donors (Lipinski definition) is 4. The van der Waals surface area contributed by atoms with E-state index in [1.54, 1.807) is 19.2 Å². The predicted molar refractivity (Wildman–Crippen MR) is 123 cm³/mol. The number of benzene rings is 2. The maximum absolute atomic E-state index is 11.6. The summed E-state index contributed by atoms with van der Waals surface area (Å²) < 4.78 is 53.7. The molecule has 0 unspecified atom stereocenters. The van der Waals surface area contributed by atoms with Crippen molar-refractivity contribution in [1.82, 2.24) is 10.0 Å². The molecule has 2 aromatic carbocycles. The molecule has 0 aliphatic heterocycles. The summed E-state index contributed by atoms with van der Waals surface area (Å²) in [6.07, 6.45) is 3.23. The molecule has 0 aromatic heterocycles. The number of ether oxygens (including phenoxy) is 1. The molecule has 1 aliphatic carbocycles. The molecule has 1 fully saturated rings. The molecule has 32 heavy (non-hydrogen) atoms. The summed E-state index contributed by atoms with van der Waals surface area (Å²) >= 11 is 0. The van der Waals surface area contributed by atoms with E-state index in [4.69, 9.17) is 15.0 Å². The topological polar surface area (TPSA) is 154 Å². The van der Waals surface area contributed by atoms with Crippen LogP contribution in [0.1, 0.15) is 36.8 Å². The predicted octanol–water partition coefficient (Wildman–Crippen LogP) is 1.11. The highest BCUT2D eigenvalue weighted by atomic mass is 32.2. The molecule has 176 valence electrons. The first kappa shape index (κ1) is 24.6.